The summed E-state index contributed by atoms with van der Waals surface area (Å²) in [6.45, 7) is 0.851. The molecule has 0 atom stereocenters. The van der Waals surface area contributed by atoms with E-state index in [2.05, 4.69) is 5.32 Å². The average Bonchev–Trinajstić information content (AvgIpc) is 2.83. The Hall–Kier alpha value is -3.15. The topological polar surface area (TPSA) is 84.9 Å². The fourth-order valence-electron chi connectivity index (χ4n) is 3.35. The maximum absolute atomic E-state index is 13.8. The lowest BCUT2D eigenvalue weighted by Crippen LogP contribution is -2.38. The van der Waals surface area contributed by atoms with Crippen molar-refractivity contribution in [3.05, 3.63) is 75.8 Å². The van der Waals surface area contributed by atoms with Crippen molar-refractivity contribution < 1.29 is 35.9 Å². The number of amides is 1. The molecule has 198 valence electrons. The molecule has 0 saturated heterocycles. The number of carbonyl (C=O) groups is 1. The van der Waals surface area contributed by atoms with Gasteiger partial charge in [0.15, 0.2) is 0 Å². The number of alkyl halides is 3. The normalized spacial score (nSPS) is 11.7. The lowest BCUT2D eigenvalue weighted by Gasteiger charge is -2.25. The number of hydrogen-bond acceptors (Lipinski definition) is 5. The molecule has 1 amide bonds. The number of hydrogen-bond donors (Lipinski definition) is 1. The van der Waals surface area contributed by atoms with Gasteiger partial charge in [-0.2, -0.15) is 13.2 Å². The fourth-order valence-corrected chi connectivity index (χ4v) is 5.42. The van der Waals surface area contributed by atoms with Crippen LogP contribution < -0.4 is 19.1 Å². The Morgan fingerprint density at radius 3 is 2.19 bits per heavy atom. The Morgan fingerprint density at radius 2 is 1.59 bits per heavy atom. The molecule has 37 heavy (non-hydrogen) atoms. The highest BCUT2D eigenvalue weighted by Crippen LogP contribution is 2.36. The second kappa shape index (κ2) is 11.1. The number of carbonyl (C=O) groups excluding carboxylic acids is 1. The number of sulfonamides is 1. The number of aryl methyl sites for hydroxylation is 1. The predicted molar refractivity (Wildman–Crippen MR) is 135 cm³/mol. The summed E-state index contributed by atoms with van der Waals surface area (Å²) < 4.78 is 78.1. The van der Waals surface area contributed by atoms with Crippen molar-refractivity contribution in [3.8, 4) is 11.5 Å². The van der Waals surface area contributed by atoms with Crippen LogP contribution in [0.1, 0.15) is 11.1 Å². The molecule has 13 heteroatoms. The Labute approximate surface area is 221 Å². The van der Waals surface area contributed by atoms with Crippen LogP contribution in [0.3, 0.4) is 0 Å². The third-order valence-corrected chi connectivity index (χ3v) is 7.59. The maximum atomic E-state index is 13.8. The monoisotopic (exact) mass is 576 g/mol. The van der Waals surface area contributed by atoms with Gasteiger partial charge in [0.1, 0.15) is 22.9 Å². The molecule has 3 aromatic rings. The third-order valence-electron chi connectivity index (χ3n) is 5.17. The van der Waals surface area contributed by atoms with Crippen molar-refractivity contribution >= 4 is 50.5 Å². The van der Waals surface area contributed by atoms with Gasteiger partial charge < -0.3 is 14.8 Å². The van der Waals surface area contributed by atoms with E-state index in [0.717, 1.165) is 16.4 Å². The lowest BCUT2D eigenvalue weighted by atomic mass is 10.2. The molecule has 0 aliphatic heterocycles. The average molecular weight is 577 g/mol. The van der Waals surface area contributed by atoms with Crippen molar-refractivity contribution in [1.82, 2.24) is 0 Å². The second-order valence-electron chi connectivity index (χ2n) is 7.73. The van der Waals surface area contributed by atoms with Crippen LogP contribution >= 0.6 is 23.2 Å². The molecule has 0 aliphatic carbocycles. The van der Waals surface area contributed by atoms with Crippen LogP contribution in [0, 0.1) is 6.92 Å². The molecule has 0 fully saturated rings. The zero-order valence-electron chi connectivity index (χ0n) is 19.7. The molecular formula is C24H21Cl2F3N2O5S. The summed E-state index contributed by atoms with van der Waals surface area (Å²) in [4.78, 5) is 12.7. The van der Waals surface area contributed by atoms with Gasteiger partial charge >= 0.3 is 6.18 Å². The molecule has 0 saturated carbocycles. The summed E-state index contributed by atoms with van der Waals surface area (Å²) in [5.41, 5.74) is -0.769. The van der Waals surface area contributed by atoms with Crippen LogP contribution in [0.5, 0.6) is 11.5 Å². The third kappa shape index (κ3) is 6.41. The van der Waals surface area contributed by atoms with Gasteiger partial charge in [-0.1, -0.05) is 29.3 Å². The van der Waals surface area contributed by atoms with Crippen molar-refractivity contribution in [2.45, 2.75) is 18.0 Å². The van der Waals surface area contributed by atoms with E-state index in [4.69, 9.17) is 32.7 Å². The zero-order valence-corrected chi connectivity index (χ0v) is 22.0. The highest BCUT2D eigenvalue weighted by atomic mass is 35.5. The second-order valence-corrected chi connectivity index (χ2v) is 10.4. The van der Waals surface area contributed by atoms with E-state index in [0.29, 0.717) is 11.6 Å². The van der Waals surface area contributed by atoms with E-state index in [1.54, 1.807) is 13.0 Å². The quantitative estimate of drug-likeness (QED) is 0.346. The predicted octanol–water partition coefficient (Wildman–Crippen LogP) is 6.17. The molecule has 1 N–H and O–H groups in total. The standard InChI is InChI=1S/C24H21Cl2F3N2O5S/c1-14-4-8-21(36-3)22(10-14)37(33,34)31(16-6-9-20(35-2)18(26)12-16)13-23(32)30-19-11-15(24(27,28)29)5-7-17(19)25/h4-12H,13H2,1-3H3,(H,30,32). The number of methoxy groups -OCH3 is 2. The molecule has 3 rings (SSSR count). The lowest BCUT2D eigenvalue weighted by molar-refractivity contribution is -0.137. The summed E-state index contributed by atoms with van der Waals surface area (Å²) in [6, 6.07) is 10.9. The number of benzene rings is 3. The number of rotatable bonds is 8. The number of ether oxygens (including phenoxy) is 2. The molecule has 0 bridgehead atoms. The van der Waals surface area contributed by atoms with E-state index < -0.39 is 34.2 Å². The molecule has 0 spiro atoms. The Kier molecular flexibility index (Phi) is 8.51. The number of nitrogens with one attached hydrogen (secondary N) is 1. The first-order chi connectivity index (χ1) is 17.3. The van der Waals surface area contributed by atoms with Gasteiger partial charge in [0.25, 0.3) is 10.0 Å². The van der Waals surface area contributed by atoms with E-state index in [9.17, 15) is 26.4 Å². The van der Waals surface area contributed by atoms with Crippen LogP contribution in [-0.2, 0) is 21.0 Å². The Balaban J connectivity index is 2.07. The summed E-state index contributed by atoms with van der Waals surface area (Å²) >= 11 is 12.2. The van der Waals surface area contributed by atoms with Crippen molar-refractivity contribution in [2.24, 2.45) is 0 Å². The minimum atomic E-state index is -4.68. The van der Waals surface area contributed by atoms with E-state index in [1.807, 2.05) is 0 Å². The zero-order chi connectivity index (χ0) is 27.5. The van der Waals surface area contributed by atoms with E-state index in [-0.39, 0.29) is 37.8 Å². The van der Waals surface area contributed by atoms with Crippen LogP contribution in [-0.4, -0.2) is 35.1 Å². The molecular weight excluding hydrogens is 556 g/mol. The van der Waals surface area contributed by atoms with Crippen LogP contribution in [0.25, 0.3) is 0 Å². The van der Waals surface area contributed by atoms with Gasteiger partial charge in [-0.05, 0) is 61.0 Å². The van der Waals surface area contributed by atoms with Crippen molar-refractivity contribution in [3.63, 3.8) is 0 Å². The van der Waals surface area contributed by atoms with Crippen molar-refractivity contribution in [2.75, 3.05) is 30.4 Å². The SMILES string of the molecule is COc1ccc(N(CC(=O)Nc2cc(C(F)(F)F)ccc2Cl)S(=O)(=O)c2cc(C)ccc2OC)cc1Cl. The first-order valence-corrected chi connectivity index (χ1v) is 12.6. The summed E-state index contributed by atoms with van der Waals surface area (Å²) in [6.07, 6.45) is -4.68. The fraction of sp³-hybridized carbons (Fsp3) is 0.208. The van der Waals surface area contributed by atoms with Gasteiger partial charge in [-0.15, -0.1) is 0 Å². The van der Waals surface area contributed by atoms with Gasteiger partial charge in [-0.25, -0.2) is 8.42 Å². The summed E-state index contributed by atoms with van der Waals surface area (Å²) in [5, 5.41) is 2.16. The first kappa shape index (κ1) is 28.4. The Bertz CT molecular complexity index is 1430. The molecule has 0 heterocycles. The molecule has 0 radical (unpaired) electrons. The van der Waals surface area contributed by atoms with Gasteiger partial charge in [0.05, 0.1) is 41.2 Å². The molecule has 7 nitrogen and oxygen atoms in total. The highest BCUT2D eigenvalue weighted by Gasteiger charge is 2.33. The van der Waals surface area contributed by atoms with Gasteiger partial charge in [0, 0.05) is 0 Å². The van der Waals surface area contributed by atoms with Gasteiger partial charge in [-0.3, -0.25) is 9.10 Å². The molecule has 0 aliphatic rings. The molecule has 3 aromatic carbocycles. The number of nitrogens with zero attached hydrogens (tertiary/aromatic N) is 1. The summed E-state index contributed by atoms with van der Waals surface area (Å²) in [7, 11) is -1.78. The molecule has 0 aromatic heterocycles. The number of anilines is 2. The highest BCUT2D eigenvalue weighted by molar-refractivity contribution is 7.93. The largest absolute Gasteiger partial charge is 0.495 e. The minimum absolute atomic E-state index is 0.000326. The smallest absolute Gasteiger partial charge is 0.416 e. The van der Waals surface area contributed by atoms with Crippen LogP contribution in [0.2, 0.25) is 10.0 Å². The first-order valence-electron chi connectivity index (χ1n) is 10.5. The van der Waals surface area contributed by atoms with Crippen molar-refractivity contribution in [1.29, 1.82) is 0 Å². The van der Waals surface area contributed by atoms with Crippen LogP contribution in [0.15, 0.2) is 59.5 Å². The summed E-state index contributed by atoms with van der Waals surface area (Å²) in [5.74, 6) is -0.670. The number of halogens is 5. The maximum Gasteiger partial charge on any atom is 0.416 e. The van der Waals surface area contributed by atoms with Crippen LogP contribution in [0.4, 0.5) is 24.5 Å². The molecule has 0 unspecified atom stereocenters. The van der Waals surface area contributed by atoms with E-state index >= 15 is 0 Å². The van der Waals surface area contributed by atoms with Gasteiger partial charge in [0.2, 0.25) is 5.91 Å². The Morgan fingerprint density at radius 1 is 0.946 bits per heavy atom. The minimum Gasteiger partial charge on any atom is -0.495 e. The van der Waals surface area contributed by atoms with E-state index in [1.165, 1.54) is 44.6 Å².